The van der Waals surface area contributed by atoms with Crippen LogP contribution in [0.3, 0.4) is 0 Å². The first-order valence-electron chi connectivity index (χ1n) is 6.99. The van der Waals surface area contributed by atoms with Crippen molar-refractivity contribution in [2.45, 2.75) is 6.54 Å². The standard InChI is InChI=1S/C16H17N4OS.BrH/c1-19-14-6-2-3-7-15(14)22-16(19)18-17-11-13-5-4-8-20(12-13)9-10-21;/h2-8,11-12,21H,9-10H2,1H3;1H/q+1;/p-1. The fourth-order valence-corrected chi connectivity index (χ4v) is 3.17. The summed E-state index contributed by atoms with van der Waals surface area (Å²) in [6, 6.07) is 12.1. The number of rotatable bonds is 4. The van der Waals surface area contributed by atoms with Gasteiger partial charge in [-0.05, 0) is 18.2 Å². The molecule has 7 heteroatoms. The van der Waals surface area contributed by atoms with E-state index in [9.17, 15) is 0 Å². The minimum atomic E-state index is 0. The summed E-state index contributed by atoms with van der Waals surface area (Å²) in [5.41, 5.74) is 2.10. The number of fused-ring (bicyclic) bond motifs is 1. The monoisotopic (exact) mass is 392 g/mol. The van der Waals surface area contributed by atoms with Crippen molar-refractivity contribution in [2.75, 3.05) is 6.61 Å². The van der Waals surface area contributed by atoms with E-state index >= 15 is 0 Å². The molecule has 120 valence electrons. The first-order chi connectivity index (χ1) is 10.8. The van der Waals surface area contributed by atoms with Gasteiger partial charge in [0.1, 0.15) is 6.61 Å². The molecule has 0 bridgehead atoms. The zero-order valence-corrected chi connectivity index (χ0v) is 15.0. The van der Waals surface area contributed by atoms with Crippen LogP contribution in [-0.2, 0) is 13.6 Å². The summed E-state index contributed by atoms with van der Waals surface area (Å²) in [5, 5.41) is 17.4. The fourth-order valence-electron chi connectivity index (χ4n) is 2.20. The van der Waals surface area contributed by atoms with Gasteiger partial charge in [0, 0.05) is 13.1 Å². The van der Waals surface area contributed by atoms with Gasteiger partial charge in [-0.2, -0.15) is 5.10 Å². The molecule has 23 heavy (non-hydrogen) atoms. The third kappa shape index (κ3) is 4.13. The van der Waals surface area contributed by atoms with Crippen molar-refractivity contribution in [1.82, 2.24) is 4.57 Å². The second-order valence-corrected chi connectivity index (χ2v) is 5.86. The number of hydrogen-bond acceptors (Lipinski definition) is 4. The summed E-state index contributed by atoms with van der Waals surface area (Å²) in [6.45, 7) is 0.692. The number of halogens is 1. The average molecular weight is 393 g/mol. The Hall–Kier alpha value is -1.83. The molecule has 1 N–H and O–H groups in total. The maximum Gasteiger partial charge on any atom is 0.211 e. The molecule has 0 fully saturated rings. The normalized spacial score (nSPS) is 12.0. The Morgan fingerprint density at radius 2 is 2.09 bits per heavy atom. The molecule has 3 aromatic rings. The number of para-hydroxylation sites is 1. The van der Waals surface area contributed by atoms with Crippen LogP contribution in [0.2, 0.25) is 0 Å². The van der Waals surface area contributed by atoms with Crippen molar-refractivity contribution < 1.29 is 26.7 Å². The van der Waals surface area contributed by atoms with Crippen molar-refractivity contribution in [3.05, 3.63) is 59.2 Å². The van der Waals surface area contributed by atoms with E-state index in [1.165, 1.54) is 4.70 Å². The van der Waals surface area contributed by atoms with Crippen LogP contribution in [0.4, 0.5) is 0 Å². The van der Waals surface area contributed by atoms with Crippen LogP contribution >= 0.6 is 11.3 Å². The molecule has 0 aliphatic heterocycles. The Labute approximate surface area is 148 Å². The molecule has 0 aliphatic rings. The van der Waals surface area contributed by atoms with E-state index < -0.39 is 0 Å². The predicted molar refractivity (Wildman–Crippen MR) is 87.7 cm³/mol. The van der Waals surface area contributed by atoms with E-state index in [1.807, 2.05) is 52.8 Å². The summed E-state index contributed by atoms with van der Waals surface area (Å²) >= 11 is 1.61. The lowest BCUT2D eigenvalue weighted by Gasteiger charge is -1.94. The Kier molecular flexibility index (Phi) is 6.20. The molecule has 1 aromatic carbocycles. The number of aliphatic hydroxyl groups is 1. The highest BCUT2D eigenvalue weighted by molar-refractivity contribution is 7.16. The highest BCUT2D eigenvalue weighted by Crippen LogP contribution is 2.14. The highest BCUT2D eigenvalue weighted by atomic mass is 79.9. The Morgan fingerprint density at radius 1 is 1.26 bits per heavy atom. The molecule has 3 rings (SSSR count). The number of hydrogen-bond donors (Lipinski definition) is 1. The quantitative estimate of drug-likeness (QED) is 0.326. The van der Waals surface area contributed by atoms with E-state index in [4.69, 9.17) is 5.11 Å². The lowest BCUT2D eigenvalue weighted by atomic mass is 10.3. The molecule has 0 radical (unpaired) electrons. The number of thiazole rings is 1. The van der Waals surface area contributed by atoms with E-state index in [0.717, 1.165) is 15.9 Å². The molecule has 0 atom stereocenters. The van der Waals surface area contributed by atoms with E-state index in [1.54, 1.807) is 17.6 Å². The molecule has 0 saturated heterocycles. The maximum atomic E-state index is 8.96. The van der Waals surface area contributed by atoms with Crippen molar-refractivity contribution in [2.24, 2.45) is 17.3 Å². The van der Waals surface area contributed by atoms with Gasteiger partial charge in [-0.3, -0.25) is 0 Å². The second-order valence-electron chi connectivity index (χ2n) is 4.85. The van der Waals surface area contributed by atoms with Gasteiger partial charge < -0.3 is 26.7 Å². The van der Waals surface area contributed by atoms with Crippen LogP contribution in [0.25, 0.3) is 10.2 Å². The molecular formula is C16H17BrN4OS. The van der Waals surface area contributed by atoms with Crippen molar-refractivity contribution in [3.8, 4) is 0 Å². The Balaban J connectivity index is 0.00000192. The molecule has 0 unspecified atom stereocenters. The van der Waals surface area contributed by atoms with Crippen LogP contribution in [0.1, 0.15) is 5.56 Å². The van der Waals surface area contributed by atoms with Crippen molar-refractivity contribution in [1.29, 1.82) is 0 Å². The summed E-state index contributed by atoms with van der Waals surface area (Å²) in [7, 11) is 1.99. The molecule has 0 amide bonds. The summed E-state index contributed by atoms with van der Waals surface area (Å²) in [6.07, 6.45) is 5.56. The highest BCUT2D eigenvalue weighted by Gasteiger charge is 2.01. The van der Waals surface area contributed by atoms with Gasteiger partial charge in [0.15, 0.2) is 18.9 Å². The summed E-state index contributed by atoms with van der Waals surface area (Å²) in [4.78, 5) is 0.858. The number of pyridine rings is 1. The minimum Gasteiger partial charge on any atom is -1.00 e. The first-order valence-corrected chi connectivity index (χ1v) is 7.81. The number of benzene rings is 1. The second kappa shape index (κ2) is 8.14. The van der Waals surface area contributed by atoms with Crippen LogP contribution in [0, 0.1) is 0 Å². The van der Waals surface area contributed by atoms with Gasteiger partial charge in [-0.15, -0.1) is 5.10 Å². The molecule has 0 aliphatic carbocycles. The van der Waals surface area contributed by atoms with Gasteiger partial charge >= 0.3 is 0 Å². The third-order valence-electron chi connectivity index (χ3n) is 3.30. The maximum absolute atomic E-state index is 8.96. The Morgan fingerprint density at radius 3 is 2.87 bits per heavy atom. The zero-order valence-electron chi connectivity index (χ0n) is 12.6. The van der Waals surface area contributed by atoms with Gasteiger partial charge in [0.05, 0.1) is 22.0 Å². The third-order valence-corrected chi connectivity index (χ3v) is 4.41. The summed E-state index contributed by atoms with van der Waals surface area (Å²) < 4.78 is 5.15. The first kappa shape index (κ1) is 17.5. The van der Waals surface area contributed by atoms with Crippen LogP contribution in [-0.4, -0.2) is 22.5 Å². The number of aromatic nitrogens is 2. The van der Waals surface area contributed by atoms with E-state index in [2.05, 4.69) is 22.3 Å². The van der Waals surface area contributed by atoms with E-state index in [0.29, 0.717) is 6.54 Å². The molecule has 5 nitrogen and oxygen atoms in total. The zero-order chi connectivity index (χ0) is 15.4. The molecule has 0 saturated carbocycles. The van der Waals surface area contributed by atoms with Crippen LogP contribution in [0.5, 0.6) is 0 Å². The lowest BCUT2D eigenvalue weighted by Crippen LogP contribution is -3.00. The molecule has 2 heterocycles. The van der Waals surface area contributed by atoms with Gasteiger partial charge in [-0.25, -0.2) is 4.57 Å². The molecule has 2 aromatic heterocycles. The Bertz CT molecular complexity index is 885. The van der Waals surface area contributed by atoms with Gasteiger partial charge in [0.2, 0.25) is 4.80 Å². The molecule has 0 spiro atoms. The van der Waals surface area contributed by atoms with Gasteiger partial charge in [-0.1, -0.05) is 23.5 Å². The summed E-state index contributed by atoms with van der Waals surface area (Å²) in [5.74, 6) is 0. The average Bonchev–Trinajstić information content (AvgIpc) is 2.85. The SMILES string of the molecule is Cn1c(=NN=Cc2ccc[n+](CCO)c2)sc2ccccc21.[Br-]. The molecular weight excluding hydrogens is 376 g/mol. The number of aliphatic hydroxyl groups excluding tert-OH is 1. The van der Waals surface area contributed by atoms with Crippen LogP contribution < -0.4 is 26.3 Å². The van der Waals surface area contributed by atoms with Gasteiger partial charge in [0.25, 0.3) is 0 Å². The number of aryl methyl sites for hydroxylation is 1. The fraction of sp³-hybridized carbons (Fsp3) is 0.188. The van der Waals surface area contributed by atoms with Crippen molar-refractivity contribution in [3.63, 3.8) is 0 Å². The van der Waals surface area contributed by atoms with E-state index in [-0.39, 0.29) is 23.6 Å². The number of nitrogens with zero attached hydrogens (tertiary/aromatic N) is 4. The predicted octanol–water partition coefficient (Wildman–Crippen LogP) is -1.54. The lowest BCUT2D eigenvalue weighted by molar-refractivity contribution is -0.698. The smallest absolute Gasteiger partial charge is 0.211 e. The minimum absolute atomic E-state index is 0. The topological polar surface area (TPSA) is 53.8 Å². The largest absolute Gasteiger partial charge is 1.00 e. The van der Waals surface area contributed by atoms with Crippen molar-refractivity contribution >= 4 is 27.8 Å². The van der Waals surface area contributed by atoms with Crippen LogP contribution in [0.15, 0.2) is 59.0 Å².